The molecule has 23 heavy (non-hydrogen) atoms. The van der Waals surface area contributed by atoms with Gasteiger partial charge in [0.1, 0.15) is 16.9 Å². The highest BCUT2D eigenvalue weighted by atomic mass is 16.5. The molecule has 0 fully saturated rings. The number of hydrogen-bond donors (Lipinski definition) is 1. The Morgan fingerprint density at radius 1 is 1.22 bits per heavy atom. The Balaban J connectivity index is 3.04. The first-order valence-electron chi connectivity index (χ1n) is 7.43. The fourth-order valence-electron chi connectivity index (χ4n) is 1.63. The van der Waals surface area contributed by atoms with Crippen LogP contribution in [0.5, 0.6) is 5.75 Å². The summed E-state index contributed by atoms with van der Waals surface area (Å²) in [6.07, 6.45) is 0. The highest BCUT2D eigenvalue weighted by Crippen LogP contribution is 2.25. The lowest BCUT2D eigenvalue weighted by Crippen LogP contribution is -2.38. The SMILES string of the molecule is COC(=O)c1cc(NC(=O)C(C)(C)OC)ccc1OCC(C)C. The van der Waals surface area contributed by atoms with Crippen LogP contribution in [0.2, 0.25) is 0 Å². The predicted octanol–water partition coefficient (Wildman–Crippen LogP) is 2.87. The normalized spacial score (nSPS) is 11.3. The zero-order chi connectivity index (χ0) is 17.6. The summed E-state index contributed by atoms with van der Waals surface area (Å²) >= 11 is 0. The summed E-state index contributed by atoms with van der Waals surface area (Å²) in [5.74, 6) is -0.0885. The second-order valence-electron chi connectivity index (χ2n) is 6.08. The van der Waals surface area contributed by atoms with E-state index in [1.54, 1.807) is 26.0 Å². The van der Waals surface area contributed by atoms with Crippen molar-refractivity contribution in [3.8, 4) is 5.75 Å². The van der Waals surface area contributed by atoms with Crippen LogP contribution >= 0.6 is 0 Å². The average molecular weight is 323 g/mol. The van der Waals surface area contributed by atoms with E-state index in [0.717, 1.165) is 0 Å². The van der Waals surface area contributed by atoms with Crippen LogP contribution in [0.4, 0.5) is 5.69 Å². The molecular formula is C17H25NO5. The van der Waals surface area contributed by atoms with Crippen molar-refractivity contribution < 1.29 is 23.8 Å². The highest BCUT2D eigenvalue weighted by Gasteiger charge is 2.27. The van der Waals surface area contributed by atoms with E-state index in [1.165, 1.54) is 20.3 Å². The van der Waals surface area contributed by atoms with Crippen molar-refractivity contribution >= 4 is 17.6 Å². The molecule has 0 heterocycles. The fraction of sp³-hybridized carbons (Fsp3) is 0.529. The quantitative estimate of drug-likeness (QED) is 0.781. The van der Waals surface area contributed by atoms with Crippen LogP contribution in [0.3, 0.4) is 0 Å². The third-order valence-corrected chi connectivity index (χ3v) is 3.27. The summed E-state index contributed by atoms with van der Waals surface area (Å²) in [6, 6.07) is 4.85. The van der Waals surface area contributed by atoms with Gasteiger partial charge in [-0.3, -0.25) is 4.79 Å². The van der Waals surface area contributed by atoms with Crippen molar-refractivity contribution in [1.82, 2.24) is 0 Å². The molecule has 0 radical (unpaired) electrons. The summed E-state index contributed by atoms with van der Waals surface area (Å²) in [5.41, 5.74) is -0.239. The molecule has 0 spiro atoms. The number of benzene rings is 1. The van der Waals surface area contributed by atoms with Gasteiger partial charge in [-0.25, -0.2) is 4.79 Å². The third-order valence-electron chi connectivity index (χ3n) is 3.27. The zero-order valence-electron chi connectivity index (χ0n) is 14.6. The minimum atomic E-state index is -0.974. The molecule has 6 heteroatoms. The maximum atomic E-state index is 12.1. The first-order chi connectivity index (χ1) is 10.7. The minimum Gasteiger partial charge on any atom is -0.492 e. The van der Waals surface area contributed by atoms with Crippen molar-refractivity contribution in [1.29, 1.82) is 0 Å². The van der Waals surface area contributed by atoms with Gasteiger partial charge in [-0.1, -0.05) is 13.8 Å². The Morgan fingerprint density at radius 3 is 2.39 bits per heavy atom. The van der Waals surface area contributed by atoms with Crippen LogP contribution in [0.1, 0.15) is 38.1 Å². The van der Waals surface area contributed by atoms with Gasteiger partial charge in [0.25, 0.3) is 5.91 Å². The molecule has 0 unspecified atom stereocenters. The number of ether oxygens (including phenoxy) is 3. The van der Waals surface area contributed by atoms with Gasteiger partial charge in [-0.05, 0) is 38.0 Å². The van der Waals surface area contributed by atoms with E-state index in [2.05, 4.69) is 5.32 Å². The first-order valence-corrected chi connectivity index (χ1v) is 7.43. The Hall–Kier alpha value is -2.08. The van der Waals surface area contributed by atoms with E-state index in [0.29, 0.717) is 24.0 Å². The molecule has 6 nitrogen and oxygen atoms in total. The van der Waals surface area contributed by atoms with Crippen LogP contribution in [0.25, 0.3) is 0 Å². The number of carbonyl (C=O) groups is 2. The molecule has 0 aliphatic rings. The molecule has 0 saturated heterocycles. The molecule has 128 valence electrons. The first kappa shape index (κ1) is 19.0. The largest absolute Gasteiger partial charge is 0.492 e. The lowest BCUT2D eigenvalue weighted by molar-refractivity contribution is -0.133. The lowest BCUT2D eigenvalue weighted by atomic mass is 10.1. The van der Waals surface area contributed by atoms with E-state index in [1.807, 2.05) is 13.8 Å². The molecule has 0 atom stereocenters. The smallest absolute Gasteiger partial charge is 0.341 e. The summed E-state index contributed by atoms with van der Waals surface area (Å²) in [5, 5.41) is 2.72. The Morgan fingerprint density at radius 2 is 1.87 bits per heavy atom. The second kappa shape index (κ2) is 7.97. The molecular weight excluding hydrogens is 298 g/mol. The summed E-state index contributed by atoms with van der Waals surface area (Å²) in [6.45, 7) is 7.82. The maximum Gasteiger partial charge on any atom is 0.341 e. The van der Waals surface area contributed by atoms with Crippen LogP contribution in [-0.2, 0) is 14.3 Å². The topological polar surface area (TPSA) is 73.9 Å². The van der Waals surface area contributed by atoms with Gasteiger partial charge in [0.15, 0.2) is 0 Å². The standard InChI is InChI=1S/C17H25NO5/c1-11(2)10-23-14-8-7-12(9-13(14)15(19)21-5)18-16(20)17(3,4)22-6/h7-9,11H,10H2,1-6H3,(H,18,20). The number of hydrogen-bond acceptors (Lipinski definition) is 5. The molecule has 0 saturated carbocycles. The fourth-order valence-corrected chi connectivity index (χ4v) is 1.63. The number of esters is 1. The van der Waals surface area contributed by atoms with Crippen LogP contribution in [0, 0.1) is 5.92 Å². The van der Waals surface area contributed by atoms with Crippen LogP contribution in [0.15, 0.2) is 18.2 Å². The molecule has 1 N–H and O–H groups in total. The molecule has 1 rings (SSSR count). The molecule has 0 aliphatic heterocycles. The number of nitrogens with one attached hydrogen (secondary N) is 1. The number of anilines is 1. The average Bonchev–Trinajstić information content (AvgIpc) is 2.52. The molecule has 0 aromatic heterocycles. The summed E-state index contributed by atoms with van der Waals surface area (Å²) in [7, 11) is 2.76. The van der Waals surface area contributed by atoms with E-state index in [4.69, 9.17) is 14.2 Å². The van der Waals surface area contributed by atoms with Crippen molar-refractivity contribution in [2.45, 2.75) is 33.3 Å². The molecule has 1 amide bonds. The second-order valence-corrected chi connectivity index (χ2v) is 6.08. The lowest BCUT2D eigenvalue weighted by Gasteiger charge is -2.22. The summed E-state index contributed by atoms with van der Waals surface area (Å²) in [4.78, 5) is 24.1. The van der Waals surface area contributed by atoms with Gasteiger partial charge in [0.2, 0.25) is 0 Å². The Bertz CT molecular complexity index is 566. The number of amides is 1. The van der Waals surface area contributed by atoms with Crippen molar-refractivity contribution in [3.05, 3.63) is 23.8 Å². The van der Waals surface area contributed by atoms with E-state index < -0.39 is 11.6 Å². The number of carbonyl (C=O) groups excluding carboxylic acids is 2. The molecule has 0 aliphatic carbocycles. The Labute approximate surface area is 137 Å². The van der Waals surface area contributed by atoms with Gasteiger partial charge in [-0.15, -0.1) is 0 Å². The van der Waals surface area contributed by atoms with Gasteiger partial charge in [-0.2, -0.15) is 0 Å². The molecule has 0 bridgehead atoms. The number of methoxy groups -OCH3 is 2. The van der Waals surface area contributed by atoms with Gasteiger partial charge >= 0.3 is 5.97 Å². The maximum absolute atomic E-state index is 12.1. The van der Waals surface area contributed by atoms with Crippen molar-refractivity contribution in [2.75, 3.05) is 26.1 Å². The van der Waals surface area contributed by atoms with Crippen LogP contribution in [-0.4, -0.2) is 38.3 Å². The number of rotatable bonds is 7. The van der Waals surface area contributed by atoms with Crippen LogP contribution < -0.4 is 10.1 Å². The van der Waals surface area contributed by atoms with E-state index in [-0.39, 0.29) is 11.5 Å². The van der Waals surface area contributed by atoms with Crippen molar-refractivity contribution in [3.63, 3.8) is 0 Å². The summed E-state index contributed by atoms with van der Waals surface area (Å²) < 4.78 is 15.5. The molecule has 1 aromatic rings. The molecule has 1 aromatic carbocycles. The van der Waals surface area contributed by atoms with Gasteiger partial charge < -0.3 is 19.5 Å². The monoisotopic (exact) mass is 323 g/mol. The zero-order valence-corrected chi connectivity index (χ0v) is 14.6. The van der Waals surface area contributed by atoms with Gasteiger partial charge in [0, 0.05) is 12.8 Å². The van der Waals surface area contributed by atoms with Crippen molar-refractivity contribution in [2.24, 2.45) is 5.92 Å². The predicted molar refractivity (Wildman–Crippen MR) is 87.8 cm³/mol. The Kier molecular flexibility index (Phi) is 6.57. The van der Waals surface area contributed by atoms with Gasteiger partial charge in [0.05, 0.1) is 13.7 Å². The third kappa shape index (κ3) is 5.25. The van der Waals surface area contributed by atoms with E-state index in [9.17, 15) is 9.59 Å². The minimum absolute atomic E-state index is 0.265. The highest BCUT2D eigenvalue weighted by molar-refractivity contribution is 5.99. The van der Waals surface area contributed by atoms with E-state index >= 15 is 0 Å².